The molecule has 1 aromatic heterocycles. The first kappa shape index (κ1) is 19.5. The molecule has 2 aliphatic rings. The highest BCUT2D eigenvalue weighted by atomic mass is 16.6. The smallest absolute Gasteiger partial charge is 0.410 e. The van der Waals surface area contributed by atoms with Gasteiger partial charge in [0.2, 0.25) is 0 Å². The van der Waals surface area contributed by atoms with Crippen LogP contribution in [0, 0.1) is 6.92 Å². The molecule has 1 fully saturated rings. The van der Waals surface area contributed by atoms with Crippen molar-refractivity contribution in [3.8, 4) is 0 Å². The van der Waals surface area contributed by atoms with Gasteiger partial charge in [-0.2, -0.15) is 0 Å². The molecule has 3 heterocycles. The number of aryl methyl sites for hydroxylation is 1. The molecular weight excluding hydrogens is 366 g/mol. The molecule has 0 unspecified atom stereocenters. The number of aromatic nitrogens is 2. The van der Waals surface area contributed by atoms with Gasteiger partial charge in [0.25, 0.3) is 0 Å². The van der Waals surface area contributed by atoms with Crippen LogP contribution in [0.3, 0.4) is 0 Å². The summed E-state index contributed by atoms with van der Waals surface area (Å²) in [4.78, 5) is 27.8. The van der Waals surface area contributed by atoms with Crippen molar-refractivity contribution in [2.75, 3.05) is 42.5 Å². The van der Waals surface area contributed by atoms with Gasteiger partial charge in [0.1, 0.15) is 11.4 Å². The van der Waals surface area contributed by atoms with E-state index in [2.05, 4.69) is 39.9 Å². The Bertz CT molecular complexity index is 900. The summed E-state index contributed by atoms with van der Waals surface area (Å²) in [6.45, 7) is 11.4. The van der Waals surface area contributed by atoms with Crippen molar-refractivity contribution in [2.45, 2.75) is 39.7 Å². The number of hydrogen-bond donors (Lipinski definition) is 0. The Hall–Kier alpha value is -2.83. The second-order valence-electron chi connectivity index (χ2n) is 8.72. The standard InChI is InChI=1S/C22H29N5O2/c1-16-5-6-18-17(13-16)7-8-27(18)20-15-23-14-19(24-20)25-9-11-26(12-10-25)21(28)29-22(2,3)4/h5-6,13-15H,7-12H2,1-4H3. The van der Waals surface area contributed by atoms with E-state index >= 15 is 0 Å². The van der Waals surface area contributed by atoms with Crippen molar-refractivity contribution in [1.29, 1.82) is 0 Å². The fourth-order valence-electron chi connectivity index (χ4n) is 3.84. The number of fused-ring (bicyclic) bond motifs is 1. The fourth-order valence-corrected chi connectivity index (χ4v) is 3.84. The van der Waals surface area contributed by atoms with E-state index in [1.165, 1.54) is 16.8 Å². The van der Waals surface area contributed by atoms with Crippen LogP contribution in [-0.4, -0.2) is 59.3 Å². The van der Waals surface area contributed by atoms with Gasteiger partial charge in [-0.3, -0.25) is 4.98 Å². The van der Waals surface area contributed by atoms with E-state index in [1.54, 1.807) is 11.1 Å². The third-order valence-corrected chi connectivity index (χ3v) is 5.27. The van der Waals surface area contributed by atoms with Crippen molar-refractivity contribution in [2.24, 2.45) is 0 Å². The molecule has 1 amide bonds. The molecule has 0 N–H and O–H groups in total. The van der Waals surface area contributed by atoms with Crippen LogP contribution >= 0.6 is 0 Å². The van der Waals surface area contributed by atoms with E-state index in [0.29, 0.717) is 26.2 Å². The Balaban J connectivity index is 1.44. The molecule has 1 aromatic carbocycles. The van der Waals surface area contributed by atoms with E-state index in [-0.39, 0.29) is 6.09 Å². The van der Waals surface area contributed by atoms with Crippen LogP contribution in [0.15, 0.2) is 30.6 Å². The fraction of sp³-hybridized carbons (Fsp3) is 0.500. The molecule has 7 heteroatoms. The first-order valence-electron chi connectivity index (χ1n) is 10.2. The summed E-state index contributed by atoms with van der Waals surface area (Å²) in [5, 5.41) is 0. The zero-order valence-electron chi connectivity index (χ0n) is 17.7. The minimum Gasteiger partial charge on any atom is -0.444 e. The number of rotatable bonds is 2. The maximum absolute atomic E-state index is 12.3. The van der Waals surface area contributed by atoms with Gasteiger partial charge in [0.05, 0.1) is 12.4 Å². The van der Waals surface area contributed by atoms with Gasteiger partial charge in [0, 0.05) is 38.4 Å². The summed E-state index contributed by atoms with van der Waals surface area (Å²) in [6.07, 6.45) is 4.41. The molecule has 0 radical (unpaired) electrons. The lowest BCUT2D eigenvalue weighted by Crippen LogP contribution is -2.50. The lowest BCUT2D eigenvalue weighted by Gasteiger charge is -2.36. The molecular formula is C22H29N5O2. The molecule has 2 aliphatic heterocycles. The molecule has 0 aliphatic carbocycles. The van der Waals surface area contributed by atoms with Crippen molar-refractivity contribution >= 4 is 23.4 Å². The highest BCUT2D eigenvalue weighted by Crippen LogP contribution is 2.34. The maximum Gasteiger partial charge on any atom is 0.410 e. The Morgan fingerprint density at radius 1 is 1.03 bits per heavy atom. The van der Waals surface area contributed by atoms with Crippen LogP contribution in [0.1, 0.15) is 31.9 Å². The van der Waals surface area contributed by atoms with Crippen molar-refractivity contribution in [3.63, 3.8) is 0 Å². The van der Waals surface area contributed by atoms with Crippen LogP contribution in [0.4, 0.5) is 22.1 Å². The first-order chi connectivity index (χ1) is 13.8. The molecule has 0 bridgehead atoms. The minimum atomic E-state index is -0.474. The number of nitrogens with zero attached hydrogens (tertiary/aromatic N) is 5. The van der Waals surface area contributed by atoms with Gasteiger partial charge in [-0.05, 0) is 45.7 Å². The number of ether oxygens (including phenoxy) is 1. The first-order valence-corrected chi connectivity index (χ1v) is 10.2. The van der Waals surface area contributed by atoms with Gasteiger partial charge in [-0.1, -0.05) is 17.7 Å². The average Bonchev–Trinajstić information content (AvgIpc) is 3.10. The lowest BCUT2D eigenvalue weighted by molar-refractivity contribution is 0.0240. The van der Waals surface area contributed by atoms with Gasteiger partial charge >= 0.3 is 6.09 Å². The van der Waals surface area contributed by atoms with Gasteiger partial charge in [-0.25, -0.2) is 9.78 Å². The monoisotopic (exact) mass is 395 g/mol. The topological polar surface area (TPSA) is 61.8 Å². The molecule has 2 aromatic rings. The van der Waals surface area contributed by atoms with Crippen LogP contribution in [-0.2, 0) is 11.2 Å². The van der Waals surface area contributed by atoms with E-state index in [1.807, 2.05) is 27.0 Å². The molecule has 1 saturated heterocycles. The highest BCUT2D eigenvalue weighted by Gasteiger charge is 2.27. The van der Waals surface area contributed by atoms with Gasteiger partial charge < -0.3 is 19.4 Å². The SMILES string of the molecule is Cc1ccc2c(c1)CCN2c1cncc(N2CCN(C(=O)OC(C)(C)C)CC2)n1. The van der Waals surface area contributed by atoms with E-state index < -0.39 is 5.60 Å². The number of piperazine rings is 1. The quantitative estimate of drug-likeness (QED) is 0.775. The lowest BCUT2D eigenvalue weighted by atomic mass is 10.1. The predicted molar refractivity (Wildman–Crippen MR) is 114 cm³/mol. The average molecular weight is 396 g/mol. The Morgan fingerprint density at radius 2 is 1.76 bits per heavy atom. The van der Waals surface area contributed by atoms with Crippen LogP contribution in [0.2, 0.25) is 0 Å². The van der Waals surface area contributed by atoms with Gasteiger partial charge in [-0.15, -0.1) is 0 Å². The normalized spacial score (nSPS) is 16.8. The number of amides is 1. The minimum absolute atomic E-state index is 0.249. The zero-order valence-corrected chi connectivity index (χ0v) is 17.7. The Morgan fingerprint density at radius 3 is 2.48 bits per heavy atom. The summed E-state index contributed by atoms with van der Waals surface area (Å²) in [5.41, 5.74) is 3.40. The summed E-state index contributed by atoms with van der Waals surface area (Å²) < 4.78 is 5.48. The molecule has 0 spiro atoms. The second kappa shape index (κ2) is 7.54. The number of benzene rings is 1. The molecule has 29 heavy (non-hydrogen) atoms. The number of carbonyl (C=O) groups excluding carboxylic acids is 1. The molecule has 0 atom stereocenters. The molecule has 154 valence electrons. The van der Waals surface area contributed by atoms with Crippen molar-refractivity contribution in [3.05, 3.63) is 41.7 Å². The third kappa shape index (κ3) is 4.28. The summed E-state index contributed by atoms with van der Waals surface area (Å²) in [5.74, 6) is 1.73. The Labute approximate surface area is 172 Å². The van der Waals surface area contributed by atoms with Crippen LogP contribution in [0.5, 0.6) is 0 Å². The number of carbonyl (C=O) groups is 1. The van der Waals surface area contributed by atoms with Gasteiger partial charge in [0.15, 0.2) is 5.82 Å². The summed E-state index contributed by atoms with van der Waals surface area (Å²) >= 11 is 0. The van der Waals surface area contributed by atoms with Crippen LogP contribution in [0.25, 0.3) is 0 Å². The molecule has 4 rings (SSSR count). The van der Waals surface area contributed by atoms with Crippen LogP contribution < -0.4 is 9.80 Å². The van der Waals surface area contributed by atoms with Crippen molar-refractivity contribution in [1.82, 2.24) is 14.9 Å². The van der Waals surface area contributed by atoms with E-state index in [0.717, 1.165) is 24.6 Å². The van der Waals surface area contributed by atoms with E-state index in [4.69, 9.17) is 9.72 Å². The number of hydrogen-bond acceptors (Lipinski definition) is 6. The van der Waals surface area contributed by atoms with Crippen molar-refractivity contribution < 1.29 is 9.53 Å². The summed E-state index contributed by atoms with van der Waals surface area (Å²) in [6, 6.07) is 6.57. The summed E-state index contributed by atoms with van der Waals surface area (Å²) in [7, 11) is 0. The number of anilines is 3. The highest BCUT2D eigenvalue weighted by molar-refractivity contribution is 5.69. The largest absolute Gasteiger partial charge is 0.444 e. The molecule has 7 nitrogen and oxygen atoms in total. The maximum atomic E-state index is 12.3. The zero-order chi connectivity index (χ0) is 20.6. The van der Waals surface area contributed by atoms with E-state index in [9.17, 15) is 4.79 Å². The Kier molecular flexibility index (Phi) is 5.06. The second-order valence-corrected chi connectivity index (χ2v) is 8.72. The predicted octanol–water partition coefficient (Wildman–Crippen LogP) is 3.54. The third-order valence-electron chi connectivity index (χ3n) is 5.27. The molecule has 0 saturated carbocycles.